The Morgan fingerprint density at radius 3 is 2.48 bits per heavy atom. The van der Waals surface area contributed by atoms with Crippen LogP contribution in [0.4, 0.5) is 16.2 Å². The molecule has 10 nitrogen and oxygen atoms in total. The second-order valence-electron chi connectivity index (χ2n) is 6.03. The van der Waals surface area contributed by atoms with E-state index in [1.165, 1.54) is 12.1 Å². The second kappa shape index (κ2) is 7.66. The zero-order valence-electron chi connectivity index (χ0n) is 13.3. The zero-order valence-corrected chi connectivity index (χ0v) is 14.2. The van der Waals surface area contributed by atoms with E-state index in [-0.39, 0.29) is 28.2 Å². The van der Waals surface area contributed by atoms with Crippen LogP contribution < -0.4 is 15.8 Å². The van der Waals surface area contributed by atoms with Crippen molar-refractivity contribution in [2.45, 2.75) is 36.6 Å². The Morgan fingerprint density at radius 1 is 1.32 bits per heavy atom. The van der Waals surface area contributed by atoms with Crippen molar-refractivity contribution in [3.63, 3.8) is 0 Å². The third-order valence-corrected chi connectivity index (χ3v) is 5.16. The van der Waals surface area contributed by atoms with E-state index < -0.39 is 21.0 Å². The number of nitrogens with one attached hydrogen (secondary N) is 2. The summed E-state index contributed by atoms with van der Waals surface area (Å²) in [6, 6.07) is 3.43. The van der Waals surface area contributed by atoms with E-state index in [2.05, 4.69) is 10.6 Å². The molecule has 1 aromatic rings. The van der Waals surface area contributed by atoms with Crippen molar-refractivity contribution in [3.8, 4) is 0 Å². The Kier molecular flexibility index (Phi) is 5.80. The number of hydrogen-bond donors (Lipinski definition) is 4. The van der Waals surface area contributed by atoms with Crippen LogP contribution in [-0.2, 0) is 10.0 Å². The summed E-state index contributed by atoms with van der Waals surface area (Å²) >= 11 is 0. The van der Waals surface area contributed by atoms with E-state index in [0.717, 1.165) is 18.9 Å². The summed E-state index contributed by atoms with van der Waals surface area (Å²) in [6.07, 6.45) is 1.98. The molecule has 0 spiro atoms. The first-order chi connectivity index (χ1) is 11.7. The van der Waals surface area contributed by atoms with Crippen LogP contribution in [0.3, 0.4) is 0 Å². The van der Waals surface area contributed by atoms with Crippen molar-refractivity contribution in [1.29, 1.82) is 0 Å². The highest BCUT2D eigenvalue weighted by atomic mass is 32.2. The molecule has 1 aliphatic carbocycles. The van der Waals surface area contributed by atoms with Gasteiger partial charge in [0.25, 0.3) is 5.69 Å². The molecule has 0 bridgehead atoms. The van der Waals surface area contributed by atoms with Gasteiger partial charge in [-0.25, -0.2) is 18.4 Å². The van der Waals surface area contributed by atoms with Crippen LogP contribution in [0.15, 0.2) is 23.1 Å². The number of nitro benzene ring substituents is 1. The molecule has 0 aliphatic heterocycles. The maximum atomic E-state index is 11.3. The summed E-state index contributed by atoms with van der Waals surface area (Å²) in [5, 5.41) is 30.3. The van der Waals surface area contributed by atoms with Crippen molar-refractivity contribution >= 4 is 27.5 Å². The third kappa shape index (κ3) is 5.29. The highest BCUT2D eigenvalue weighted by Crippen LogP contribution is 2.29. The lowest BCUT2D eigenvalue weighted by molar-refractivity contribution is -0.384. The van der Waals surface area contributed by atoms with Gasteiger partial charge >= 0.3 is 6.09 Å². The molecule has 2 rings (SSSR count). The smallest absolute Gasteiger partial charge is 0.404 e. The SMILES string of the molecule is NS(=O)(=O)c1ccc(NC[C@H]2CC[C@H](NC(=O)O)CC2)c([N+](=O)[O-])c1. The average Bonchev–Trinajstić information content (AvgIpc) is 2.52. The van der Waals surface area contributed by atoms with Gasteiger partial charge in [-0.05, 0) is 43.7 Å². The Hall–Kier alpha value is -2.40. The summed E-state index contributed by atoms with van der Waals surface area (Å²) in [6.45, 7) is 0.482. The quantitative estimate of drug-likeness (QED) is 0.433. The molecule has 25 heavy (non-hydrogen) atoms. The monoisotopic (exact) mass is 372 g/mol. The Morgan fingerprint density at radius 2 is 1.96 bits per heavy atom. The van der Waals surface area contributed by atoms with E-state index in [9.17, 15) is 23.3 Å². The molecule has 0 radical (unpaired) electrons. The summed E-state index contributed by atoms with van der Waals surface area (Å²) in [5.41, 5.74) is -0.129. The molecule has 0 saturated heterocycles. The van der Waals surface area contributed by atoms with Gasteiger partial charge in [0.05, 0.1) is 9.82 Å². The van der Waals surface area contributed by atoms with Crippen LogP contribution in [0, 0.1) is 16.0 Å². The van der Waals surface area contributed by atoms with Gasteiger partial charge in [0, 0.05) is 18.7 Å². The number of anilines is 1. The van der Waals surface area contributed by atoms with Crippen molar-refractivity contribution in [2.75, 3.05) is 11.9 Å². The molecule has 0 unspecified atom stereocenters. The van der Waals surface area contributed by atoms with Gasteiger partial charge in [0.1, 0.15) is 5.69 Å². The maximum Gasteiger partial charge on any atom is 0.404 e. The molecular weight excluding hydrogens is 352 g/mol. The van der Waals surface area contributed by atoms with Crippen LogP contribution in [0.5, 0.6) is 0 Å². The third-order valence-electron chi connectivity index (χ3n) is 4.25. The topological polar surface area (TPSA) is 165 Å². The largest absolute Gasteiger partial charge is 0.465 e. The van der Waals surface area contributed by atoms with Crippen LogP contribution in [-0.4, -0.2) is 37.1 Å². The molecule has 0 heterocycles. The summed E-state index contributed by atoms with van der Waals surface area (Å²) in [7, 11) is -4.01. The fourth-order valence-corrected chi connectivity index (χ4v) is 3.46. The number of hydrogen-bond acceptors (Lipinski definition) is 6. The number of carbonyl (C=O) groups is 1. The van der Waals surface area contributed by atoms with Crippen LogP contribution in [0.1, 0.15) is 25.7 Å². The van der Waals surface area contributed by atoms with Gasteiger partial charge in [0.15, 0.2) is 0 Å². The molecule has 1 aliphatic rings. The summed E-state index contributed by atoms with van der Waals surface area (Å²) < 4.78 is 22.6. The predicted molar refractivity (Wildman–Crippen MR) is 89.9 cm³/mol. The lowest BCUT2D eigenvalue weighted by Gasteiger charge is -2.28. The zero-order chi connectivity index (χ0) is 18.6. The minimum Gasteiger partial charge on any atom is -0.465 e. The molecule has 1 amide bonds. The maximum absolute atomic E-state index is 11.3. The first-order valence-corrected chi connectivity index (χ1v) is 9.26. The van der Waals surface area contributed by atoms with Crippen molar-refractivity contribution in [2.24, 2.45) is 11.1 Å². The molecule has 1 fully saturated rings. The number of primary sulfonamides is 1. The molecule has 0 aromatic heterocycles. The molecule has 1 saturated carbocycles. The highest BCUT2D eigenvalue weighted by Gasteiger charge is 2.24. The van der Waals surface area contributed by atoms with E-state index in [1.807, 2.05) is 0 Å². The van der Waals surface area contributed by atoms with Crippen LogP contribution in [0.25, 0.3) is 0 Å². The normalized spacial score (nSPS) is 20.7. The molecular formula is C14H20N4O6S. The summed E-state index contributed by atoms with van der Waals surface area (Å²) in [4.78, 5) is 20.8. The lowest BCUT2D eigenvalue weighted by atomic mass is 9.86. The van der Waals surface area contributed by atoms with Crippen molar-refractivity contribution in [1.82, 2.24) is 5.32 Å². The first kappa shape index (κ1) is 18.9. The number of nitrogens with two attached hydrogens (primary N) is 1. The molecule has 11 heteroatoms. The van der Waals surface area contributed by atoms with Gasteiger partial charge in [-0.15, -0.1) is 0 Å². The molecule has 138 valence electrons. The van der Waals surface area contributed by atoms with Gasteiger partial charge in [-0.3, -0.25) is 10.1 Å². The number of sulfonamides is 1. The number of amides is 1. The number of carboxylic acid groups (broad SMARTS) is 1. The predicted octanol–water partition coefficient (Wildman–Crippen LogP) is 1.48. The van der Waals surface area contributed by atoms with Gasteiger partial charge in [0.2, 0.25) is 10.0 Å². The number of nitro groups is 1. The Labute approximate surface area is 144 Å². The van der Waals surface area contributed by atoms with Gasteiger partial charge in [-0.1, -0.05) is 0 Å². The van der Waals surface area contributed by atoms with Crippen LogP contribution >= 0.6 is 0 Å². The highest BCUT2D eigenvalue weighted by molar-refractivity contribution is 7.89. The Balaban J connectivity index is 1.99. The number of benzene rings is 1. The second-order valence-corrected chi connectivity index (χ2v) is 7.59. The summed E-state index contributed by atoms with van der Waals surface area (Å²) in [5.74, 6) is 0.254. The van der Waals surface area contributed by atoms with Crippen molar-refractivity contribution < 1.29 is 23.2 Å². The molecule has 1 aromatic carbocycles. The average molecular weight is 372 g/mol. The molecule has 5 N–H and O–H groups in total. The number of nitrogens with zero attached hydrogens (tertiary/aromatic N) is 1. The van der Waals surface area contributed by atoms with Gasteiger partial charge < -0.3 is 15.7 Å². The Bertz CT molecular complexity index is 759. The van der Waals surface area contributed by atoms with Gasteiger partial charge in [-0.2, -0.15) is 0 Å². The number of rotatable bonds is 6. The van der Waals surface area contributed by atoms with E-state index >= 15 is 0 Å². The standard InChI is InChI=1S/C14H20N4O6S/c15-25(23,24)11-5-6-12(13(7-11)18(21)22)16-8-9-1-3-10(4-2-9)17-14(19)20/h5-7,9-10,16-17H,1-4,8H2,(H,19,20)(H2,15,23,24)/t9-,10-. The van der Waals surface area contributed by atoms with E-state index in [4.69, 9.17) is 10.2 Å². The fourth-order valence-electron chi connectivity index (χ4n) is 2.93. The lowest BCUT2D eigenvalue weighted by Crippen LogP contribution is -2.37. The van der Waals surface area contributed by atoms with Crippen molar-refractivity contribution in [3.05, 3.63) is 28.3 Å². The minimum atomic E-state index is -4.01. The fraction of sp³-hybridized carbons (Fsp3) is 0.500. The van der Waals surface area contributed by atoms with E-state index in [1.54, 1.807) is 0 Å². The minimum absolute atomic E-state index is 0.0582. The first-order valence-electron chi connectivity index (χ1n) is 7.71. The van der Waals surface area contributed by atoms with E-state index in [0.29, 0.717) is 19.4 Å². The molecule has 0 atom stereocenters. The van der Waals surface area contributed by atoms with Crippen LogP contribution in [0.2, 0.25) is 0 Å².